The highest BCUT2D eigenvalue weighted by Crippen LogP contribution is 2.74. The van der Waals surface area contributed by atoms with Crippen LogP contribution < -0.4 is 54.6 Å². The van der Waals surface area contributed by atoms with Crippen LogP contribution >= 0.6 is 10.0 Å². The van der Waals surface area contributed by atoms with Crippen molar-refractivity contribution in [2.24, 2.45) is 0 Å². The van der Waals surface area contributed by atoms with Gasteiger partial charge in [0.1, 0.15) is 78.5 Å². The van der Waals surface area contributed by atoms with E-state index in [1.165, 1.54) is 168 Å². The van der Waals surface area contributed by atoms with E-state index in [-0.39, 0.29) is 0 Å². The van der Waals surface area contributed by atoms with Crippen molar-refractivity contribution in [3.05, 3.63) is 243 Å². The summed E-state index contributed by atoms with van der Waals surface area (Å²) in [5.41, 5.74) is 30.2. The van der Waals surface area contributed by atoms with Gasteiger partial charge in [0, 0.05) is 57.9 Å². The number of benzene rings is 12. The summed E-state index contributed by atoms with van der Waals surface area (Å²) < 4.78 is 5.16. The van der Waals surface area contributed by atoms with Crippen LogP contribution in [0.2, 0.25) is 0 Å². The molecule has 2 nitrogen and oxygen atoms in total. The van der Waals surface area contributed by atoms with Gasteiger partial charge in [0.25, 0.3) is 0 Å². The van der Waals surface area contributed by atoms with E-state index in [1.807, 2.05) is 0 Å². The maximum absolute atomic E-state index is 2.66. The minimum atomic E-state index is -2.17. The average Bonchev–Trinajstić information content (AvgIpc) is 1.86. The zero-order valence-corrected chi connectivity index (χ0v) is 51.2. The molecule has 12 aromatic carbocycles. The van der Waals surface area contributed by atoms with Crippen LogP contribution in [0.5, 0.6) is 0 Å². The first-order chi connectivity index (χ1) is 41.4. The van der Waals surface area contributed by atoms with Crippen LogP contribution in [0.1, 0.15) is 0 Å². The minimum Gasteiger partial charge on any atom is -0.309 e. The maximum atomic E-state index is 2.66. The highest BCUT2D eigenvalue weighted by Gasteiger charge is 2.36. The Morgan fingerprint density at radius 3 is 0.988 bits per heavy atom. The summed E-state index contributed by atoms with van der Waals surface area (Å²) in [6.07, 6.45) is 0. The third-order valence-corrected chi connectivity index (χ3v) is 23.3. The summed E-state index contributed by atoms with van der Waals surface area (Å²) in [7, 11) is 21.3. The van der Waals surface area contributed by atoms with Gasteiger partial charge < -0.3 is 9.13 Å². The highest BCUT2D eigenvalue weighted by molar-refractivity contribution is 8.34. The lowest BCUT2D eigenvalue weighted by Gasteiger charge is -2.43. The molecule has 13 heteroatoms. The second kappa shape index (κ2) is 21.4. The second-order valence-electron chi connectivity index (χ2n) is 23.5. The molecule has 14 aromatic rings. The lowest BCUT2D eigenvalue weighted by molar-refractivity contribution is 1.16. The molecule has 85 heavy (non-hydrogen) atoms. The molecule has 0 N–H and O–H groups in total. The van der Waals surface area contributed by atoms with Crippen LogP contribution in [0.4, 0.5) is 0 Å². The lowest BCUT2D eigenvalue weighted by Crippen LogP contribution is -2.55. The van der Waals surface area contributed by atoms with E-state index in [0.29, 0.717) is 0 Å². The summed E-state index contributed by atoms with van der Waals surface area (Å²) in [6, 6.07) is 91.5. The summed E-state index contributed by atoms with van der Waals surface area (Å²) in [5.74, 6) is 0. The Balaban J connectivity index is 1.14. The van der Waals surface area contributed by atoms with Gasteiger partial charge in [-0.1, -0.05) is 167 Å². The van der Waals surface area contributed by atoms with Gasteiger partial charge in [-0.3, -0.25) is 0 Å². The largest absolute Gasteiger partial charge is 0.309 e. The van der Waals surface area contributed by atoms with Crippen molar-refractivity contribution in [1.29, 1.82) is 0 Å². The fourth-order valence-corrected chi connectivity index (χ4v) is 18.1. The normalized spacial score (nSPS) is 12.0. The predicted molar refractivity (Wildman–Crippen MR) is 399 cm³/mol. The topological polar surface area (TPSA) is 9.86 Å². The first-order valence-electron chi connectivity index (χ1n) is 29.9. The molecule has 0 unspecified atom stereocenters. The van der Waals surface area contributed by atoms with E-state index < -0.39 is 10.0 Å². The molecule has 14 rings (SSSR count). The number of rotatable bonds is 10. The van der Waals surface area contributed by atoms with Crippen LogP contribution in [0.15, 0.2) is 262 Å². The van der Waals surface area contributed by atoms with Gasteiger partial charge in [0.05, 0.1) is 27.8 Å². The molecule has 0 spiro atoms. The van der Waals surface area contributed by atoms with Gasteiger partial charge in [-0.15, -0.1) is 42.8 Å². The molecule has 0 aliphatic rings. The zero-order valence-electron chi connectivity index (χ0n) is 50.4. The number of hydrogen-bond acceptors (Lipinski definition) is 0. The van der Waals surface area contributed by atoms with Crippen molar-refractivity contribution in [2.75, 3.05) is 0 Å². The summed E-state index contributed by atoms with van der Waals surface area (Å²) in [4.78, 5) is 5.20. The molecule has 0 fully saturated rings. The molecule has 0 aliphatic carbocycles. The van der Waals surface area contributed by atoms with Crippen LogP contribution in [0.3, 0.4) is 0 Å². The Labute approximate surface area is 510 Å². The van der Waals surface area contributed by atoms with E-state index >= 15 is 0 Å². The molecular formula is C72H60B10N2S. The zero-order chi connectivity index (χ0) is 58.4. The molecular weight excluding hydrogens is 1030 g/mol. The van der Waals surface area contributed by atoms with Crippen molar-refractivity contribution in [3.8, 4) is 55.9 Å². The Morgan fingerprint density at radius 2 is 0.565 bits per heavy atom. The first-order valence-corrected chi connectivity index (χ1v) is 31.5. The Hall–Kier alpha value is -8.76. The quantitative estimate of drug-likeness (QED) is 0.187. The number of nitrogens with zero attached hydrogens (tertiary/aromatic N) is 2. The van der Waals surface area contributed by atoms with E-state index in [2.05, 4.69) is 330 Å². The Bertz CT molecular complexity index is 4650. The number of fused-ring (bicyclic) bond motifs is 6. The van der Waals surface area contributed by atoms with Crippen molar-refractivity contribution in [2.45, 2.75) is 19.6 Å². The standard InChI is InChI=1S/C72H60B10N2S/c73-62-60(63(74)67(78)70(81)66(62)77)54-39-49(85(46-22-10-3-11-23-46,47-24-12-4-13-25-47)48-26-14-5-15-27-48)40-55(61-64(75)68(79)71(82)69(80)65(61)76)72(54)84-56-29-17-16-28-50(56)53-38-45(32-35-59(53)84)83-57-33-30-43(41-18-6-1-7-19-41)36-51(57)52-37-44(31-34-58(52)83)42-20-8-2-9-21-42/h1-40H,73-82H2. The van der Waals surface area contributed by atoms with Crippen LogP contribution in [-0.2, 0) is 0 Å². The highest BCUT2D eigenvalue weighted by atomic mass is 32.3. The molecule has 0 radical (unpaired) electrons. The summed E-state index contributed by atoms with van der Waals surface area (Å²) in [6.45, 7) is 0. The van der Waals surface area contributed by atoms with Crippen molar-refractivity contribution in [3.63, 3.8) is 0 Å². The molecule has 2 aromatic heterocycles. The number of hydrogen-bond donors (Lipinski definition) is 0. The van der Waals surface area contributed by atoms with Gasteiger partial charge >= 0.3 is 0 Å². The smallest absolute Gasteiger partial charge is 0.139 e. The molecule has 2 heterocycles. The number of aromatic nitrogens is 2. The van der Waals surface area contributed by atoms with Crippen LogP contribution in [0.25, 0.3) is 99.5 Å². The van der Waals surface area contributed by atoms with Gasteiger partial charge in [-0.25, -0.2) is 0 Å². The summed E-state index contributed by atoms with van der Waals surface area (Å²) >= 11 is 0. The van der Waals surface area contributed by atoms with Crippen molar-refractivity contribution >= 4 is 187 Å². The lowest BCUT2D eigenvalue weighted by atomic mass is 9.58. The van der Waals surface area contributed by atoms with Crippen LogP contribution in [0, 0.1) is 0 Å². The molecule has 0 aliphatic heterocycles. The third-order valence-electron chi connectivity index (χ3n) is 19.4. The number of para-hydroxylation sites is 1. The molecule has 0 saturated carbocycles. The predicted octanol–water partition coefficient (Wildman–Crippen LogP) is 2.47. The molecule has 394 valence electrons. The minimum absolute atomic E-state index is 1.13. The van der Waals surface area contributed by atoms with E-state index in [1.54, 1.807) is 0 Å². The second-order valence-corrected chi connectivity index (χ2v) is 26.6. The Kier molecular flexibility index (Phi) is 13.6. The van der Waals surface area contributed by atoms with Crippen molar-refractivity contribution < 1.29 is 0 Å². The fourth-order valence-electron chi connectivity index (χ4n) is 14.2. The van der Waals surface area contributed by atoms with E-state index in [9.17, 15) is 0 Å². The van der Waals surface area contributed by atoms with Crippen LogP contribution in [-0.4, -0.2) is 87.6 Å². The summed E-state index contributed by atoms with van der Waals surface area (Å²) in [5, 5.41) is 4.88. The monoisotopic (exact) mass is 1090 g/mol. The van der Waals surface area contributed by atoms with E-state index in [0.717, 1.165) is 5.69 Å². The van der Waals surface area contributed by atoms with Gasteiger partial charge in [-0.05, 0) is 130 Å². The first kappa shape index (κ1) is 54.2. The van der Waals surface area contributed by atoms with Gasteiger partial charge in [0.2, 0.25) is 0 Å². The molecule has 0 amide bonds. The molecule has 0 bridgehead atoms. The van der Waals surface area contributed by atoms with Crippen molar-refractivity contribution in [1.82, 2.24) is 9.13 Å². The third kappa shape index (κ3) is 8.55. The van der Waals surface area contributed by atoms with E-state index in [4.69, 9.17) is 0 Å². The van der Waals surface area contributed by atoms with Gasteiger partial charge in [0.15, 0.2) is 0 Å². The fraction of sp³-hybridized carbons (Fsp3) is 0. The Morgan fingerprint density at radius 1 is 0.235 bits per heavy atom. The SMILES string of the molecule is Bc1c(B)c(B)c(-c2cc(S(c3ccccc3)(c3ccccc3)c3ccccc3)cc(-c3c(B)c(B)c(B)c(B)c3B)c2-n2c3ccccc3c3cc(-n4c5ccc(-c6ccccc6)cc5c5cc(-c6ccccc6)ccc54)ccc32)c(B)c1B. The van der Waals surface area contributed by atoms with Gasteiger partial charge in [-0.2, -0.15) is 0 Å². The molecule has 0 atom stereocenters. The maximum Gasteiger partial charge on any atom is 0.139 e. The average molecular weight is 1090 g/mol. The molecule has 0 saturated heterocycles.